The number of carboxylic acid groups (broad SMARTS) is 4. The second kappa shape index (κ2) is 17.1. The third kappa shape index (κ3) is 21.1. The number of primary amides is 1. The number of fused-ring (bicyclic) bond motifs is 1. The number of hydrogen-bond donors (Lipinski definition) is 5. The molecule has 6 N–H and O–H groups in total. The lowest BCUT2D eigenvalue weighted by atomic mass is 10.0. The number of carboxylic acids is 4. The molecule has 0 saturated heterocycles. The third-order valence-corrected chi connectivity index (χ3v) is 3.21. The van der Waals surface area contributed by atoms with E-state index < -0.39 is 48.6 Å². The number of carbonyl (C=O) groups excluding carboxylic acids is 1. The number of hydrogen-bond acceptors (Lipinski definition) is 5. The van der Waals surface area contributed by atoms with Crippen LogP contribution in [0.5, 0.6) is 0 Å². The van der Waals surface area contributed by atoms with Crippen LogP contribution in [0.25, 0.3) is 10.8 Å². The fourth-order valence-corrected chi connectivity index (χ4v) is 1.63. The van der Waals surface area contributed by atoms with Crippen LogP contribution in [-0.4, -0.2) is 74.9 Å². The first-order valence-electron chi connectivity index (χ1n) is 9.50. The van der Waals surface area contributed by atoms with Crippen molar-refractivity contribution in [2.45, 2.75) is 31.1 Å². The number of aliphatic carboxylic acids is 4. The number of alkyl halides is 12. The van der Waals surface area contributed by atoms with Crippen molar-refractivity contribution in [2.75, 3.05) is 0 Å². The van der Waals surface area contributed by atoms with Gasteiger partial charge in [0.1, 0.15) is 0 Å². The summed E-state index contributed by atoms with van der Waals surface area (Å²) in [7, 11) is 0. The second-order valence-corrected chi connectivity index (χ2v) is 6.49. The molecule has 0 aliphatic rings. The molecule has 2 aromatic rings. The molecule has 0 aliphatic carbocycles. The molecular weight excluding hydrogens is 626 g/mol. The molecule has 0 spiro atoms. The van der Waals surface area contributed by atoms with Gasteiger partial charge in [-0.2, -0.15) is 52.7 Å². The molecule has 0 saturated carbocycles. The SMILES string of the molecule is NC(=O)Cc1cccc2ccccc12.O=C(O)C(F)(F)F.O=C(O)C(F)(F)F.O=C(O)C(F)(F)F.O=C(O)C(F)(F)F. The summed E-state index contributed by atoms with van der Waals surface area (Å²) in [5, 5.41) is 30.8. The van der Waals surface area contributed by atoms with Crippen molar-refractivity contribution in [3.63, 3.8) is 0 Å². The van der Waals surface area contributed by atoms with Crippen molar-refractivity contribution in [2.24, 2.45) is 5.73 Å². The van der Waals surface area contributed by atoms with Crippen LogP contribution in [0.2, 0.25) is 0 Å². The highest BCUT2D eigenvalue weighted by atomic mass is 19.4. The molecule has 1 amide bonds. The first kappa shape index (κ1) is 41.7. The predicted octanol–water partition coefficient (Wildman–Crippen LogP) is 4.40. The Balaban J connectivity index is -0.000000476. The molecule has 0 atom stereocenters. The van der Waals surface area contributed by atoms with Gasteiger partial charge in [-0.05, 0) is 16.3 Å². The zero-order valence-electron chi connectivity index (χ0n) is 19.7. The maximum Gasteiger partial charge on any atom is 0.490 e. The number of amides is 1. The summed E-state index contributed by atoms with van der Waals surface area (Å²) >= 11 is 0. The van der Waals surface area contributed by atoms with Gasteiger partial charge in [0, 0.05) is 0 Å². The molecule has 0 aliphatic heterocycles. The standard InChI is InChI=1S/C12H11NO.4C2HF3O2/c13-12(14)8-10-6-3-5-9-4-1-2-7-11(9)10;4*3-2(4,5)1(6)7/h1-7H,8H2,(H2,13,14);4*(H,6,7). The van der Waals surface area contributed by atoms with E-state index in [9.17, 15) is 57.5 Å². The van der Waals surface area contributed by atoms with E-state index in [0.29, 0.717) is 6.42 Å². The van der Waals surface area contributed by atoms with Crippen LogP contribution in [-0.2, 0) is 30.4 Å². The van der Waals surface area contributed by atoms with E-state index in [-0.39, 0.29) is 5.91 Å². The smallest absolute Gasteiger partial charge is 0.475 e. The van der Waals surface area contributed by atoms with Crippen LogP contribution < -0.4 is 5.73 Å². The summed E-state index contributed by atoms with van der Waals surface area (Å²) < 4.78 is 127. The lowest BCUT2D eigenvalue weighted by molar-refractivity contribution is -0.193. The fraction of sp³-hybridized carbons (Fsp3) is 0.250. The molecule has 0 radical (unpaired) electrons. The summed E-state index contributed by atoms with van der Waals surface area (Å²) in [5.74, 6) is -11.3. The maximum absolute atomic E-state index is 10.8. The summed E-state index contributed by atoms with van der Waals surface area (Å²) in [6.07, 6.45) is -20.0. The van der Waals surface area contributed by atoms with Crippen molar-refractivity contribution < 1.29 is 97.1 Å². The monoisotopic (exact) mass is 641 g/mol. The number of nitrogens with two attached hydrogens (primary N) is 1. The highest BCUT2D eigenvalue weighted by molar-refractivity contribution is 5.89. The molecule has 0 heterocycles. The molecule has 42 heavy (non-hydrogen) atoms. The average Bonchev–Trinajstić information content (AvgIpc) is 2.78. The summed E-state index contributed by atoms with van der Waals surface area (Å²) in [5.41, 5.74) is 6.17. The van der Waals surface area contributed by atoms with Crippen LogP contribution in [0, 0.1) is 0 Å². The van der Waals surface area contributed by atoms with E-state index in [1.54, 1.807) is 0 Å². The van der Waals surface area contributed by atoms with Crippen molar-refractivity contribution in [3.05, 3.63) is 48.0 Å². The summed E-state index contributed by atoms with van der Waals surface area (Å²) in [6.45, 7) is 0. The van der Waals surface area contributed by atoms with Crippen LogP contribution in [0.4, 0.5) is 52.7 Å². The second-order valence-electron chi connectivity index (χ2n) is 6.49. The number of rotatable bonds is 2. The van der Waals surface area contributed by atoms with Gasteiger partial charge >= 0.3 is 48.6 Å². The molecule has 2 rings (SSSR count). The van der Waals surface area contributed by atoms with Crippen LogP contribution in [0.1, 0.15) is 5.56 Å². The zero-order chi connectivity index (χ0) is 34.3. The molecule has 0 unspecified atom stereocenters. The lowest BCUT2D eigenvalue weighted by Crippen LogP contribution is -2.21. The van der Waals surface area contributed by atoms with E-state index >= 15 is 0 Å². The Hall–Kier alpha value is -4.79. The Morgan fingerprint density at radius 3 is 1.05 bits per heavy atom. The quantitative estimate of drug-likeness (QED) is 0.296. The van der Waals surface area contributed by atoms with E-state index in [2.05, 4.69) is 0 Å². The fourth-order valence-electron chi connectivity index (χ4n) is 1.63. The molecule has 22 heteroatoms. The van der Waals surface area contributed by atoms with Crippen LogP contribution >= 0.6 is 0 Å². The minimum absolute atomic E-state index is 0.290. The molecule has 0 bridgehead atoms. The average molecular weight is 641 g/mol. The van der Waals surface area contributed by atoms with E-state index in [1.165, 1.54) is 0 Å². The van der Waals surface area contributed by atoms with Crippen molar-refractivity contribution in [1.82, 2.24) is 0 Å². The Labute approximate surface area is 223 Å². The topological polar surface area (TPSA) is 192 Å². The highest BCUT2D eigenvalue weighted by Gasteiger charge is 2.39. The lowest BCUT2D eigenvalue weighted by Gasteiger charge is -2.03. The van der Waals surface area contributed by atoms with E-state index in [0.717, 1.165) is 16.3 Å². The Kier molecular flexibility index (Phi) is 17.0. The van der Waals surface area contributed by atoms with Gasteiger partial charge < -0.3 is 26.2 Å². The Morgan fingerprint density at radius 2 is 0.786 bits per heavy atom. The van der Waals surface area contributed by atoms with Crippen LogP contribution in [0.3, 0.4) is 0 Å². The highest BCUT2D eigenvalue weighted by Crippen LogP contribution is 2.19. The van der Waals surface area contributed by atoms with E-state index in [1.807, 2.05) is 42.5 Å². The molecular formula is C20H15F12NO9. The van der Waals surface area contributed by atoms with E-state index in [4.69, 9.17) is 45.3 Å². The van der Waals surface area contributed by atoms with Crippen LogP contribution in [0.15, 0.2) is 42.5 Å². The zero-order valence-corrected chi connectivity index (χ0v) is 19.7. The third-order valence-electron chi connectivity index (χ3n) is 3.21. The van der Waals surface area contributed by atoms with Crippen molar-refractivity contribution in [3.8, 4) is 0 Å². The molecule has 0 fully saturated rings. The van der Waals surface area contributed by atoms with Crippen molar-refractivity contribution >= 4 is 40.6 Å². The van der Waals surface area contributed by atoms with Gasteiger partial charge in [0.2, 0.25) is 5.91 Å². The van der Waals surface area contributed by atoms with Gasteiger partial charge in [0.15, 0.2) is 0 Å². The largest absolute Gasteiger partial charge is 0.490 e. The Morgan fingerprint density at radius 1 is 0.524 bits per heavy atom. The number of carbonyl (C=O) groups is 5. The predicted molar refractivity (Wildman–Crippen MR) is 112 cm³/mol. The summed E-state index contributed by atoms with van der Waals surface area (Å²) in [4.78, 5) is 46.4. The van der Waals surface area contributed by atoms with Gasteiger partial charge in [-0.1, -0.05) is 42.5 Å². The number of benzene rings is 2. The first-order chi connectivity index (χ1) is 18.5. The molecule has 10 nitrogen and oxygen atoms in total. The number of halogens is 12. The first-order valence-corrected chi connectivity index (χ1v) is 9.50. The molecule has 0 aromatic heterocycles. The molecule has 238 valence electrons. The minimum atomic E-state index is -5.08. The van der Waals surface area contributed by atoms with Gasteiger partial charge in [0.05, 0.1) is 6.42 Å². The normalized spacial score (nSPS) is 11.0. The van der Waals surface area contributed by atoms with Crippen molar-refractivity contribution in [1.29, 1.82) is 0 Å². The Bertz CT molecular complexity index is 1100. The van der Waals surface area contributed by atoms with Gasteiger partial charge in [0.25, 0.3) is 0 Å². The minimum Gasteiger partial charge on any atom is -0.475 e. The summed E-state index contributed by atoms with van der Waals surface area (Å²) in [6, 6.07) is 13.9. The maximum atomic E-state index is 10.8. The van der Waals surface area contributed by atoms with Gasteiger partial charge in [-0.3, -0.25) is 4.79 Å². The van der Waals surface area contributed by atoms with Gasteiger partial charge in [-0.15, -0.1) is 0 Å². The molecule has 2 aromatic carbocycles. The van der Waals surface area contributed by atoms with Gasteiger partial charge in [-0.25, -0.2) is 19.2 Å².